The summed E-state index contributed by atoms with van der Waals surface area (Å²) in [7, 11) is -2.35. The molecule has 44 heavy (non-hydrogen) atoms. The standard InChI is InChI=1S/C33H41N3O7S/c1-5-24(3)34-33(38)29(20-25-11-8-7-9-12-25)35(22-26-13-10-14-28(19-26)41-4)32(37)23-36(44(39,40)6-2)27-15-16-30-31(21-27)43-18-17-42-30/h7-16,19,21,24,29H,5-6,17-18,20,22-23H2,1-4H3,(H,34,38)/t24-,29-/m0/s1. The number of hydrogen-bond donors (Lipinski definition) is 1. The van der Waals surface area contributed by atoms with Gasteiger partial charge in [0, 0.05) is 25.1 Å². The molecule has 0 aliphatic carbocycles. The molecule has 0 fully saturated rings. The molecule has 0 unspecified atom stereocenters. The van der Waals surface area contributed by atoms with E-state index in [1.807, 2.05) is 56.3 Å². The van der Waals surface area contributed by atoms with Gasteiger partial charge in [0.05, 0.1) is 18.6 Å². The molecule has 0 saturated heterocycles. The molecule has 3 aromatic rings. The summed E-state index contributed by atoms with van der Waals surface area (Å²) in [5.41, 5.74) is 1.87. The van der Waals surface area contributed by atoms with Gasteiger partial charge >= 0.3 is 0 Å². The van der Waals surface area contributed by atoms with E-state index in [1.165, 1.54) is 11.8 Å². The maximum atomic E-state index is 14.4. The Morgan fingerprint density at radius 3 is 2.32 bits per heavy atom. The maximum absolute atomic E-state index is 14.4. The zero-order valence-electron chi connectivity index (χ0n) is 25.7. The minimum Gasteiger partial charge on any atom is -0.497 e. The third-order valence-corrected chi connectivity index (χ3v) is 9.29. The highest BCUT2D eigenvalue weighted by Gasteiger charge is 2.34. The fourth-order valence-corrected chi connectivity index (χ4v) is 5.92. The first-order chi connectivity index (χ1) is 21.1. The molecule has 2 amide bonds. The second-order valence-corrected chi connectivity index (χ2v) is 12.8. The Morgan fingerprint density at radius 2 is 1.64 bits per heavy atom. The number of nitrogens with one attached hydrogen (secondary N) is 1. The van der Waals surface area contributed by atoms with Crippen LogP contribution in [0.4, 0.5) is 5.69 Å². The highest BCUT2D eigenvalue weighted by molar-refractivity contribution is 7.92. The van der Waals surface area contributed by atoms with Crippen molar-refractivity contribution in [2.75, 3.05) is 36.9 Å². The first kappa shape index (κ1) is 32.7. The number of carbonyl (C=O) groups is 2. The van der Waals surface area contributed by atoms with Crippen LogP contribution in [0.2, 0.25) is 0 Å². The molecule has 1 aliphatic rings. The largest absolute Gasteiger partial charge is 0.497 e. The van der Waals surface area contributed by atoms with E-state index in [4.69, 9.17) is 14.2 Å². The molecule has 0 bridgehead atoms. The molecular weight excluding hydrogens is 582 g/mol. The maximum Gasteiger partial charge on any atom is 0.244 e. The molecule has 0 spiro atoms. The first-order valence-electron chi connectivity index (χ1n) is 14.8. The van der Waals surface area contributed by atoms with Gasteiger partial charge < -0.3 is 24.4 Å². The van der Waals surface area contributed by atoms with Gasteiger partial charge in [-0.25, -0.2) is 8.42 Å². The molecule has 0 aromatic heterocycles. The number of rotatable bonds is 14. The van der Waals surface area contributed by atoms with E-state index in [0.717, 1.165) is 15.4 Å². The molecule has 1 aliphatic heterocycles. The van der Waals surface area contributed by atoms with Crippen LogP contribution in [-0.4, -0.2) is 69.8 Å². The Labute approximate surface area is 260 Å². The molecule has 2 atom stereocenters. The van der Waals surface area contributed by atoms with Crippen molar-refractivity contribution in [2.45, 2.75) is 52.2 Å². The fraction of sp³-hybridized carbons (Fsp3) is 0.394. The summed E-state index contributed by atoms with van der Waals surface area (Å²) < 4.78 is 44.7. The first-order valence-corrected chi connectivity index (χ1v) is 16.4. The monoisotopic (exact) mass is 623 g/mol. The van der Waals surface area contributed by atoms with E-state index in [9.17, 15) is 18.0 Å². The van der Waals surface area contributed by atoms with Gasteiger partial charge in [0.15, 0.2) is 11.5 Å². The Morgan fingerprint density at radius 1 is 0.932 bits per heavy atom. The highest BCUT2D eigenvalue weighted by Crippen LogP contribution is 2.35. The van der Waals surface area contributed by atoms with Crippen molar-refractivity contribution in [1.29, 1.82) is 0 Å². The molecule has 3 aromatic carbocycles. The Kier molecular flexibility index (Phi) is 11.1. The SMILES string of the molecule is CC[C@H](C)NC(=O)[C@H](Cc1ccccc1)N(Cc1cccc(OC)c1)C(=O)CN(c1ccc2c(c1)OCCO2)S(=O)(=O)CC. The zero-order valence-corrected chi connectivity index (χ0v) is 26.5. The lowest BCUT2D eigenvalue weighted by Crippen LogP contribution is -2.54. The molecule has 236 valence electrons. The van der Waals surface area contributed by atoms with Gasteiger partial charge in [-0.2, -0.15) is 0 Å². The minimum absolute atomic E-state index is 0.0581. The third kappa shape index (κ3) is 8.22. The Bertz CT molecular complexity index is 1530. The third-order valence-electron chi connectivity index (χ3n) is 7.55. The van der Waals surface area contributed by atoms with Crippen LogP contribution < -0.4 is 23.8 Å². The zero-order chi connectivity index (χ0) is 31.7. The number of hydrogen-bond acceptors (Lipinski definition) is 7. The smallest absolute Gasteiger partial charge is 0.244 e. The van der Waals surface area contributed by atoms with E-state index < -0.39 is 28.5 Å². The quantitative estimate of drug-likeness (QED) is 0.287. The van der Waals surface area contributed by atoms with Crippen molar-refractivity contribution in [3.05, 3.63) is 83.9 Å². The lowest BCUT2D eigenvalue weighted by atomic mass is 10.0. The number of fused-ring (bicyclic) bond motifs is 1. The van der Waals surface area contributed by atoms with Gasteiger partial charge in [0.1, 0.15) is 31.5 Å². The number of amides is 2. The van der Waals surface area contributed by atoms with Crippen LogP contribution in [0.5, 0.6) is 17.2 Å². The molecular formula is C33H41N3O7S. The number of nitrogens with zero attached hydrogens (tertiary/aromatic N) is 2. The van der Waals surface area contributed by atoms with E-state index in [0.29, 0.717) is 36.9 Å². The molecule has 0 saturated carbocycles. The number of anilines is 1. The lowest BCUT2D eigenvalue weighted by molar-refractivity contribution is -0.140. The van der Waals surface area contributed by atoms with Crippen molar-refractivity contribution in [1.82, 2.24) is 10.2 Å². The number of benzene rings is 3. The van der Waals surface area contributed by atoms with Gasteiger partial charge in [0.2, 0.25) is 21.8 Å². The van der Waals surface area contributed by atoms with E-state index in [1.54, 1.807) is 37.4 Å². The summed E-state index contributed by atoms with van der Waals surface area (Å²) in [4.78, 5) is 29.7. The second-order valence-electron chi connectivity index (χ2n) is 10.6. The van der Waals surface area contributed by atoms with Gasteiger partial charge in [0.25, 0.3) is 0 Å². The molecule has 1 N–H and O–H groups in total. The topological polar surface area (TPSA) is 114 Å². The van der Waals surface area contributed by atoms with Crippen LogP contribution >= 0.6 is 0 Å². The summed E-state index contributed by atoms with van der Waals surface area (Å²) in [6.45, 7) is 5.67. The van der Waals surface area contributed by atoms with Gasteiger partial charge in [-0.1, -0.05) is 49.4 Å². The van der Waals surface area contributed by atoms with Gasteiger partial charge in [-0.05, 0) is 55.7 Å². The van der Waals surface area contributed by atoms with Crippen LogP contribution in [0.3, 0.4) is 0 Å². The second kappa shape index (κ2) is 15.0. The van der Waals surface area contributed by atoms with E-state index in [2.05, 4.69) is 5.32 Å². The Hall–Kier alpha value is -4.25. The summed E-state index contributed by atoms with van der Waals surface area (Å²) in [5.74, 6) is 0.436. The molecule has 1 heterocycles. The van der Waals surface area contributed by atoms with Crippen LogP contribution in [0.15, 0.2) is 72.8 Å². The summed E-state index contributed by atoms with van der Waals surface area (Å²) >= 11 is 0. The normalized spacial score (nSPS) is 13.8. The summed E-state index contributed by atoms with van der Waals surface area (Å²) in [6, 6.07) is 20.5. The molecule has 0 radical (unpaired) electrons. The van der Waals surface area contributed by atoms with Crippen LogP contribution in [0.25, 0.3) is 0 Å². The average Bonchev–Trinajstić information content (AvgIpc) is 3.05. The number of ether oxygens (including phenoxy) is 3. The van der Waals surface area contributed by atoms with Gasteiger partial charge in [-0.15, -0.1) is 0 Å². The van der Waals surface area contributed by atoms with Crippen LogP contribution in [0, 0.1) is 0 Å². The number of sulfonamides is 1. The summed E-state index contributed by atoms with van der Waals surface area (Å²) in [5, 5.41) is 3.03. The molecule has 4 rings (SSSR count). The molecule has 10 nitrogen and oxygen atoms in total. The fourth-order valence-electron chi connectivity index (χ4n) is 4.87. The van der Waals surface area contributed by atoms with E-state index in [-0.39, 0.29) is 36.4 Å². The van der Waals surface area contributed by atoms with Crippen molar-refractivity contribution >= 4 is 27.5 Å². The Balaban J connectivity index is 1.76. The van der Waals surface area contributed by atoms with Crippen molar-refractivity contribution in [3.63, 3.8) is 0 Å². The minimum atomic E-state index is -3.91. The predicted molar refractivity (Wildman–Crippen MR) is 170 cm³/mol. The predicted octanol–water partition coefficient (Wildman–Crippen LogP) is 4.18. The lowest BCUT2D eigenvalue weighted by Gasteiger charge is -2.34. The van der Waals surface area contributed by atoms with Crippen molar-refractivity contribution in [2.24, 2.45) is 0 Å². The van der Waals surface area contributed by atoms with Crippen molar-refractivity contribution < 1.29 is 32.2 Å². The average molecular weight is 624 g/mol. The number of carbonyl (C=O) groups excluding carboxylic acids is 2. The number of methoxy groups -OCH3 is 1. The highest BCUT2D eigenvalue weighted by atomic mass is 32.2. The molecule has 11 heteroatoms. The van der Waals surface area contributed by atoms with Gasteiger partial charge in [-0.3, -0.25) is 13.9 Å². The van der Waals surface area contributed by atoms with Crippen LogP contribution in [0.1, 0.15) is 38.3 Å². The van der Waals surface area contributed by atoms with Crippen molar-refractivity contribution in [3.8, 4) is 17.2 Å². The van der Waals surface area contributed by atoms with Crippen LogP contribution in [-0.2, 0) is 32.6 Å². The summed E-state index contributed by atoms with van der Waals surface area (Å²) in [6.07, 6.45) is 0.948. The van der Waals surface area contributed by atoms with E-state index >= 15 is 0 Å².